The van der Waals surface area contributed by atoms with E-state index in [4.69, 9.17) is 5.73 Å². The predicted octanol–water partition coefficient (Wildman–Crippen LogP) is 3.83. The maximum Gasteiger partial charge on any atom is 0.250 e. The summed E-state index contributed by atoms with van der Waals surface area (Å²) in [4.78, 5) is 15.6. The highest BCUT2D eigenvalue weighted by Crippen LogP contribution is 2.33. The van der Waals surface area contributed by atoms with Crippen molar-refractivity contribution in [2.24, 2.45) is 12.8 Å². The van der Waals surface area contributed by atoms with Gasteiger partial charge in [-0.3, -0.25) is 14.5 Å². The Labute approximate surface area is 195 Å². The van der Waals surface area contributed by atoms with Crippen LogP contribution in [0.25, 0.3) is 44.5 Å². The van der Waals surface area contributed by atoms with Crippen molar-refractivity contribution in [1.82, 2.24) is 24.4 Å². The molecule has 4 aromatic heterocycles. The first kappa shape index (κ1) is 20.8. The third kappa shape index (κ3) is 3.61. The second-order valence-corrected chi connectivity index (χ2v) is 7.86. The second kappa shape index (κ2) is 8.15. The average molecular weight is 445 g/mol. The molecule has 0 bridgehead atoms. The van der Waals surface area contributed by atoms with Gasteiger partial charge in [0.2, 0.25) is 5.91 Å². The second-order valence-electron chi connectivity index (χ2n) is 7.86. The molecule has 2 N–H and O–H groups in total. The molecule has 34 heavy (non-hydrogen) atoms. The third-order valence-electron chi connectivity index (χ3n) is 5.67. The number of hydrogen-bond donors (Lipinski definition) is 1. The SMILES string of the molecule is C=C(C(N)=O)c1ccc(-c2ccc(-c3cc(-c4cnn(C)c4)cn4ncc(C#N)c34)cc2)cn1. The molecule has 5 aromatic rings. The number of carbonyl (C=O) groups is 1. The van der Waals surface area contributed by atoms with Crippen molar-refractivity contribution < 1.29 is 4.79 Å². The molecular weight excluding hydrogens is 426 g/mol. The molecule has 8 nitrogen and oxygen atoms in total. The quantitative estimate of drug-likeness (QED) is 0.413. The van der Waals surface area contributed by atoms with E-state index in [0.717, 1.165) is 38.9 Å². The summed E-state index contributed by atoms with van der Waals surface area (Å²) in [7, 11) is 1.87. The number of amides is 1. The molecule has 0 spiro atoms. The van der Waals surface area contributed by atoms with Gasteiger partial charge in [-0.25, -0.2) is 4.52 Å². The predicted molar refractivity (Wildman–Crippen MR) is 129 cm³/mol. The minimum atomic E-state index is -0.596. The van der Waals surface area contributed by atoms with E-state index in [2.05, 4.69) is 33.9 Å². The van der Waals surface area contributed by atoms with Crippen LogP contribution >= 0.6 is 0 Å². The van der Waals surface area contributed by atoms with Gasteiger partial charge < -0.3 is 5.73 Å². The summed E-state index contributed by atoms with van der Waals surface area (Å²) >= 11 is 0. The number of nitrogens with zero attached hydrogens (tertiary/aromatic N) is 6. The lowest BCUT2D eigenvalue weighted by Gasteiger charge is -2.10. The number of benzene rings is 1. The first-order chi connectivity index (χ1) is 16.4. The number of aromatic nitrogens is 5. The first-order valence-corrected chi connectivity index (χ1v) is 10.4. The average Bonchev–Trinajstić information content (AvgIpc) is 3.49. The normalized spacial score (nSPS) is 10.8. The van der Waals surface area contributed by atoms with Crippen molar-refractivity contribution in [2.75, 3.05) is 0 Å². The van der Waals surface area contributed by atoms with Gasteiger partial charge in [-0.1, -0.05) is 36.9 Å². The van der Waals surface area contributed by atoms with Crippen LogP contribution in [0.15, 0.2) is 80.0 Å². The molecule has 5 rings (SSSR count). The minimum Gasteiger partial charge on any atom is -0.366 e. The molecule has 0 radical (unpaired) electrons. The van der Waals surface area contributed by atoms with E-state index in [1.54, 1.807) is 33.9 Å². The summed E-state index contributed by atoms with van der Waals surface area (Å²) in [6.45, 7) is 3.66. The summed E-state index contributed by atoms with van der Waals surface area (Å²) in [6, 6.07) is 15.9. The van der Waals surface area contributed by atoms with Crippen LogP contribution in [0.3, 0.4) is 0 Å². The fourth-order valence-corrected chi connectivity index (χ4v) is 3.86. The van der Waals surface area contributed by atoms with Crippen LogP contribution in [-0.4, -0.2) is 30.3 Å². The van der Waals surface area contributed by atoms with Crippen molar-refractivity contribution in [1.29, 1.82) is 5.26 Å². The van der Waals surface area contributed by atoms with Gasteiger partial charge in [0.1, 0.15) is 6.07 Å². The lowest BCUT2D eigenvalue weighted by atomic mass is 9.97. The Morgan fingerprint density at radius 1 is 0.941 bits per heavy atom. The Balaban J connectivity index is 1.56. The minimum absolute atomic E-state index is 0.175. The van der Waals surface area contributed by atoms with Crippen LogP contribution in [0, 0.1) is 11.3 Å². The molecule has 4 heterocycles. The van der Waals surface area contributed by atoms with Crippen LogP contribution in [0.2, 0.25) is 0 Å². The van der Waals surface area contributed by atoms with E-state index >= 15 is 0 Å². The Hall–Kier alpha value is -5.03. The number of rotatable bonds is 5. The molecule has 0 saturated carbocycles. The van der Waals surface area contributed by atoms with Gasteiger partial charge in [-0.15, -0.1) is 0 Å². The standard InChI is InChI=1S/C26H19N7O/c1-16(26(28)34)24-8-7-19(11-29-24)17-3-5-18(6-4-17)23-9-20(22-13-30-32(2)14-22)15-33-25(23)21(10-27)12-31-33/h3-9,11-15H,1H2,2H3,(H2,28,34). The number of fused-ring (bicyclic) bond motifs is 1. The number of primary amides is 1. The topological polar surface area (TPSA) is 115 Å². The molecule has 1 amide bonds. The smallest absolute Gasteiger partial charge is 0.250 e. The van der Waals surface area contributed by atoms with Gasteiger partial charge in [0.25, 0.3) is 0 Å². The molecule has 1 aromatic carbocycles. The van der Waals surface area contributed by atoms with Crippen molar-refractivity contribution in [2.45, 2.75) is 0 Å². The first-order valence-electron chi connectivity index (χ1n) is 10.4. The van der Waals surface area contributed by atoms with E-state index in [9.17, 15) is 10.1 Å². The van der Waals surface area contributed by atoms with Crippen molar-refractivity contribution in [3.05, 3.63) is 91.3 Å². The summed E-state index contributed by atoms with van der Waals surface area (Å²) < 4.78 is 3.48. The van der Waals surface area contributed by atoms with E-state index < -0.39 is 5.91 Å². The summed E-state index contributed by atoms with van der Waals surface area (Å²) in [5.41, 5.74) is 12.8. The lowest BCUT2D eigenvalue weighted by Crippen LogP contribution is -2.12. The largest absolute Gasteiger partial charge is 0.366 e. The number of nitrogens with two attached hydrogens (primary N) is 1. The summed E-state index contributed by atoms with van der Waals surface area (Å²) in [6.07, 6.45) is 8.90. The lowest BCUT2D eigenvalue weighted by molar-refractivity contribution is -0.112. The monoisotopic (exact) mass is 445 g/mol. The highest BCUT2D eigenvalue weighted by Gasteiger charge is 2.15. The number of pyridine rings is 2. The summed E-state index contributed by atoms with van der Waals surface area (Å²) in [5.74, 6) is -0.596. The maximum absolute atomic E-state index is 11.3. The van der Waals surface area contributed by atoms with Crippen molar-refractivity contribution in [3.63, 3.8) is 0 Å². The number of nitriles is 1. The fraction of sp³-hybridized carbons (Fsp3) is 0.0385. The highest BCUT2D eigenvalue weighted by molar-refractivity contribution is 6.17. The van der Waals surface area contributed by atoms with Gasteiger partial charge >= 0.3 is 0 Å². The highest BCUT2D eigenvalue weighted by atomic mass is 16.1. The Bertz CT molecular complexity index is 1600. The van der Waals surface area contributed by atoms with E-state index in [1.807, 2.05) is 49.8 Å². The zero-order valence-corrected chi connectivity index (χ0v) is 18.3. The summed E-state index contributed by atoms with van der Waals surface area (Å²) in [5, 5.41) is 18.3. The zero-order valence-electron chi connectivity index (χ0n) is 18.3. The third-order valence-corrected chi connectivity index (χ3v) is 5.67. The van der Waals surface area contributed by atoms with Crippen LogP contribution in [0.4, 0.5) is 0 Å². The molecule has 0 unspecified atom stereocenters. The fourth-order valence-electron chi connectivity index (χ4n) is 3.86. The van der Waals surface area contributed by atoms with E-state index in [-0.39, 0.29) is 5.57 Å². The van der Waals surface area contributed by atoms with E-state index in [0.29, 0.717) is 11.3 Å². The molecule has 164 valence electrons. The van der Waals surface area contributed by atoms with E-state index in [1.165, 1.54) is 0 Å². The molecule has 0 fully saturated rings. The number of aryl methyl sites for hydroxylation is 1. The van der Waals surface area contributed by atoms with Gasteiger partial charge in [0.05, 0.1) is 34.7 Å². The molecule has 0 aliphatic rings. The van der Waals surface area contributed by atoms with Gasteiger partial charge in [-0.05, 0) is 23.3 Å². The number of carbonyl (C=O) groups excluding carboxylic acids is 1. The number of hydrogen-bond acceptors (Lipinski definition) is 5. The molecule has 0 atom stereocenters. The van der Waals surface area contributed by atoms with Crippen LogP contribution in [-0.2, 0) is 11.8 Å². The van der Waals surface area contributed by atoms with Crippen LogP contribution < -0.4 is 5.73 Å². The molecule has 8 heteroatoms. The van der Waals surface area contributed by atoms with Crippen molar-refractivity contribution >= 4 is 17.0 Å². The Kier molecular flexibility index (Phi) is 5.00. The maximum atomic E-state index is 11.3. The van der Waals surface area contributed by atoms with Crippen LogP contribution in [0.1, 0.15) is 11.3 Å². The Morgan fingerprint density at radius 2 is 1.68 bits per heavy atom. The zero-order chi connectivity index (χ0) is 23.8. The molecule has 0 aliphatic heterocycles. The van der Waals surface area contributed by atoms with Gasteiger partial charge in [0.15, 0.2) is 0 Å². The van der Waals surface area contributed by atoms with Crippen molar-refractivity contribution in [3.8, 4) is 39.4 Å². The Morgan fingerprint density at radius 3 is 2.29 bits per heavy atom. The molecule has 0 saturated heterocycles. The van der Waals surface area contributed by atoms with Gasteiger partial charge in [-0.2, -0.15) is 15.5 Å². The van der Waals surface area contributed by atoms with Gasteiger partial charge in [0, 0.05) is 47.9 Å². The molecular formula is C26H19N7O. The molecule has 0 aliphatic carbocycles. The van der Waals surface area contributed by atoms with Crippen LogP contribution in [0.5, 0.6) is 0 Å².